The average Bonchev–Trinajstić information content (AvgIpc) is 2.86. The van der Waals surface area contributed by atoms with Crippen LogP contribution >= 0.6 is 0 Å². The molecule has 0 aromatic heterocycles. The quantitative estimate of drug-likeness (QED) is 0.846. The van der Waals surface area contributed by atoms with Crippen LogP contribution < -0.4 is 20.1 Å². The lowest BCUT2D eigenvalue weighted by Crippen LogP contribution is -2.35. The van der Waals surface area contributed by atoms with E-state index in [0.29, 0.717) is 24.7 Å². The highest BCUT2D eigenvalue weighted by Gasteiger charge is 2.21. The molecule has 1 unspecified atom stereocenters. The SMILES string of the molecule is CC(C)C(NC(=O)Nc1ccc(F)cc1)c1ccc2c(c1)OCCCO2. The number of rotatable bonds is 4. The number of nitrogens with one attached hydrogen (secondary N) is 2. The highest BCUT2D eigenvalue weighted by molar-refractivity contribution is 5.89. The third-order valence-corrected chi connectivity index (χ3v) is 4.19. The number of ether oxygens (including phenoxy) is 2. The van der Waals surface area contributed by atoms with Crippen LogP contribution in [0.3, 0.4) is 0 Å². The maximum absolute atomic E-state index is 13.0. The zero-order valence-electron chi connectivity index (χ0n) is 14.9. The molecule has 0 bridgehead atoms. The van der Waals surface area contributed by atoms with Gasteiger partial charge in [-0.05, 0) is 47.9 Å². The number of amides is 2. The van der Waals surface area contributed by atoms with Gasteiger partial charge in [-0.3, -0.25) is 0 Å². The van der Waals surface area contributed by atoms with Crippen molar-refractivity contribution in [3.63, 3.8) is 0 Å². The van der Waals surface area contributed by atoms with Crippen LogP contribution in [0.1, 0.15) is 31.9 Å². The molecule has 2 aromatic rings. The lowest BCUT2D eigenvalue weighted by molar-refractivity contribution is 0.244. The van der Waals surface area contributed by atoms with Crippen molar-refractivity contribution >= 4 is 11.7 Å². The van der Waals surface area contributed by atoms with Gasteiger partial charge >= 0.3 is 6.03 Å². The van der Waals surface area contributed by atoms with E-state index >= 15 is 0 Å². The Bertz CT molecular complexity index is 762. The van der Waals surface area contributed by atoms with Crippen LogP contribution in [0, 0.1) is 11.7 Å². The molecule has 1 aliphatic heterocycles. The van der Waals surface area contributed by atoms with Crippen molar-refractivity contribution in [1.82, 2.24) is 5.32 Å². The molecule has 0 spiro atoms. The van der Waals surface area contributed by atoms with Gasteiger partial charge in [-0.1, -0.05) is 19.9 Å². The van der Waals surface area contributed by atoms with Gasteiger partial charge in [0.1, 0.15) is 5.82 Å². The van der Waals surface area contributed by atoms with Crippen molar-refractivity contribution in [2.24, 2.45) is 5.92 Å². The normalized spacial score (nSPS) is 14.5. The molecule has 3 rings (SSSR count). The Kier molecular flexibility index (Phi) is 5.61. The Hall–Kier alpha value is -2.76. The van der Waals surface area contributed by atoms with Gasteiger partial charge in [0.25, 0.3) is 0 Å². The average molecular weight is 358 g/mol. The fraction of sp³-hybridized carbons (Fsp3) is 0.350. The summed E-state index contributed by atoms with van der Waals surface area (Å²) in [6, 6.07) is 10.8. The van der Waals surface area contributed by atoms with E-state index in [0.717, 1.165) is 17.7 Å². The molecule has 0 saturated carbocycles. The molecule has 2 aromatic carbocycles. The van der Waals surface area contributed by atoms with E-state index in [9.17, 15) is 9.18 Å². The number of urea groups is 1. The molecule has 2 N–H and O–H groups in total. The van der Waals surface area contributed by atoms with Crippen LogP contribution in [0.15, 0.2) is 42.5 Å². The predicted molar refractivity (Wildman–Crippen MR) is 98.2 cm³/mol. The largest absolute Gasteiger partial charge is 0.490 e. The second-order valence-corrected chi connectivity index (χ2v) is 6.58. The molecule has 6 heteroatoms. The van der Waals surface area contributed by atoms with Gasteiger partial charge in [-0.25, -0.2) is 9.18 Å². The Morgan fingerprint density at radius 2 is 1.73 bits per heavy atom. The number of hydrogen-bond donors (Lipinski definition) is 2. The van der Waals surface area contributed by atoms with E-state index in [1.807, 2.05) is 32.0 Å². The third kappa shape index (κ3) is 4.45. The minimum Gasteiger partial charge on any atom is -0.490 e. The van der Waals surface area contributed by atoms with E-state index in [-0.39, 0.29) is 23.8 Å². The lowest BCUT2D eigenvalue weighted by Gasteiger charge is -2.24. The van der Waals surface area contributed by atoms with Crippen LogP contribution in [0.5, 0.6) is 11.5 Å². The van der Waals surface area contributed by atoms with Crippen molar-refractivity contribution in [2.45, 2.75) is 26.3 Å². The molecule has 2 amide bonds. The number of benzene rings is 2. The summed E-state index contributed by atoms with van der Waals surface area (Å²) in [6.07, 6.45) is 0.843. The van der Waals surface area contributed by atoms with Crippen molar-refractivity contribution in [2.75, 3.05) is 18.5 Å². The highest BCUT2D eigenvalue weighted by atomic mass is 19.1. The second-order valence-electron chi connectivity index (χ2n) is 6.58. The first-order valence-electron chi connectivity index (χ1n) is 8.75. The minimum atomic E-state index is -0.345. The molecule has 138 valence electrons. The summed E-state index contributed by atoms with van der Waals surface area (Å²) < 4.78 is 24.4. The topological polar surface area (TPSA) is 59.6 Å². The first kappa shape index (κ1) is 18.0. The molecular weight excluding hydrogens is 335 g/mol. The summed E-state index contributed by atoms with van der Waals surface area (Å²) >= 11 is 0. The fourth-order valence-electron chi connectivity index (χ4n) is 2.85. The number of halogens is 1. The van der Waals surface area contributed by atoms with E-state index in [1.165, 1.54) is 24.3 Å². The first-order valence-corrected chi connectivity index (χ1v) is 8.75. The van der Waals surface area contributed by atoms with Crippen molar-refractivity contribution < 1.29 is 18.7 Å². The summed E-state index contributed by atoms with van der Waals surface area (Å²) in [4.78, 5) is 12.4. The zero-order chi connectivity index (χ0) is 18.5. The molecule has 1 aliphatic rings. The van der Waals surface area contributed by atoms with Crippen LogP contribution in [-0.4, -0.2) is 19.2 Å². The Morgan fingerprint density at radius 3 is 2.42 bits per heavy atom. The molecule has 1 atom stereocenters. The van der Waals surface area contributed by atoms with Gasteiger partial charge in [-0.15, -0.1) is 0 Å². The summed E-state index contributed by atoms with van der Waals surface area (Å²) in [6.45, 7) is 5.32. The second kappa shape index (κ2) is 8.08. The van der Waals surface area contributed by atoms with Gasteiger partial charge in [0.2, 0.25) is 0 Å². The van der Waals surface area contributed by atoms with Gasteiger partial charge in [0, 0.05) is 12.1 Å². The third-order valence-electron chi connectivity index (χ3n) is 4.19. The van der Waals surface area contributed by atoms with Gasteiger partial charge < -0.3 is 20.1 Å². The highest BCUT2D eigenvalue weighted by Crippen LogP contribution is 2.34. The molecular formula is C20H23FN2O3. The van der Waals surface area contributed by atoms with E-state index in [4.69, 9.17) is 9.47 Å². The smallest absolute Gasteiger partial charge is 0.319 e. The van der Waals surface area contributed by atoms with Crippen LogP contribution in [0.25, 0.3) is 0 Å². The van der Waals surface area contributed by atoms with Crippen LogP contribution in [0.2, 0.25) is 0 Å². The Balaban J connectivity index is 1.73. The van der Waals surface area contributed by atoms with Gasteiger partial charge in [0.15, 0.2) is 11.5 Å². The predicted octanol–water partition coefficient (Wildman–Crippen LogP) is 4.51. The maximum atomic E-state index is 13.0. The Morgan fingerprint density at radius 1 is 1.04 bits per heavy atom. The molecule has 0 radical (unpaired) electrons. The number of anilines is 1. The van der Waals surface area contributed by atoms with E-state index < -0.39 is 0 Å². The standard InChI is InChI=1S/C20H23FN2O3/c1-13(2)19(23-20(24)22-16-7-5-15(21)6-8-16)14-4-9-17-18(12-14)26-11-3-10-25-17/h4-9,12-13,19H,3,10-11H2,1-2H3,(H2,22,23,24). The monoisotopic (exact) mass is 358 g/mol. The summed E-state index contributed by atoms with van der Waals surface area (Å²) in [5.41, 5.74) is 1.48. The molecule has 1 heterocycles. The Labute approximate surface area is 152 Å². The molecule has 0 fully saturated rings. The maximum Gasteiger partial charge on any atom is 0.319 e. The van der Waals surface area contributed by atoms with Gasteiger partial charge in [-0.2, -0.15) is 0 Å². The number of carbonyl (C=O) groups is 1. The number of fused-ring (bicyclic) bond motifs is 1. The fourth-order valence-corrected chi connectivity index (χ4v) is 2.85. The molecule has 5 nitrogen and oxygen atoms in total. The summed E-state index contributed by atoms with van der Waals surface area (Å²) in [5.74, 6) is 1.25. The van der Waals surface area contributed by atoms with Crippen molar-refractivity contribution in [3.8, 4) is 11.5 Å². The van der Waals surface area contributed by atoms with Crippen LogP contribution in [-0.2, 0) is 0 Å². The zero-order valence-corrected chi connectivity index (χ0v) is 14.9. The molecule has 26 heavy (non-hydrogen) atoms. The number of carbonyl (C=O) groups excluding carboxylic acids is 1. The number of hydrogen-bond acceptors (Lipinski definition) is 3. The first-order chi connectivity index (χ1) is 12.5. The van der Waals surface area contributed by atoms with Crippen LogP contribution in [0.4, 0.5) is 14.9 Å². The van der Waals surface area contributed by atoms with E-state index in [1.54, 1.807) is 0 Å². The molecule has 0 saturated heterocycles. The van der Waals surface area contributed by atoms with Crippen molar-refractivity contribution in [1.29, 1.82) is 0 Å². The summed E-state index contributed by atoms with van der Waals surface area (Å²) in [7, 11) is 0. The van der Waals surface area contributed by atoms with E-state index in [2.05, 4.69) is 10.6 Å². The minimum absolute atomic E-state index is 0.165. The molecule has 0 aliphatic carbocycles. The van der Waals surface area contributed by atoms with Crippen molar-refractivity contribution in [3.05, 3.63) is 53.8 Å². The lowest BCUT2D eigenvalue weighted by atomic mass is 9.96. The van der Waals surface area contributed by atoms with Gasteiger partial charge in [0.05, 0.1) is 19.3 Å². The summed E-state index contributed by atoms with van der Waals surface area (Å²) in [5, 5.41) is 5.70.